The number of carbonyl (C=O) groups is 1. The van der Waals surface area contributed by atoms with E-state index in [2.05, 4.69) is 26.1 Å². The van der Waals surface area contributed by atoms with Gasteiger partial charge < -0.3 is 5.11 Å². The van der Waals surface area contributed by atoms with E-state index in [9.17, 15) is 27.5 Å². The van der Waals surface area contributed by atoms with Gasteiger partial charge in [0.25, 0.3) is 18.8 Å². The molecule has 1 N–H and O–H groups in total. The van der Waals surface area contributed by atoms with Crippen molar-refractivity contribution in [3.8, 4) is 0 Å². The van der Waals surface area contributed by atoms with Crippen LogP contribution in [0.15, 0.2) is 46.2 Å². The van der Waals surface area contributed by atoms with Crippen LogP contribution in [-0.4, -0.2) is 50.1 Å². The average molecular weight is 449 g/mol. The normalized spacial score (nSPS) is 19.9. The van der Waals surface area contributed by atoms with Crippen LogP contribution < -0.4 is 0 Å². The highest BCUT2D eigenvalue weighted by Crippen LogP contribution is 2.34. The molecule has 0 bridgehead atoms. The molecule has 2 aromatic rings. The second kappa shape index (κ2) is 7.39. The summed E-state index contributed by atoms with van der Waals surface area (Å²) in [6, 6.07) is 5.83. The number of rotatable bonds is 5. The molecule has 1 aliphatic rings. The molecule has 144 valence electrons. The first-order chi connectivity index (χ1) is 12.7. The lowest BCUT2D eigenvalue weighted by Gasteiger charge is -2.30. The van der Waals surface area contributed by atoms with Crippen molar-refractivity contribution in [1.82, 2.24) is 14.8 Å². The van der Waals surface area contributed by atoms with E-state index in [1.165, 1.54) is 12.1 Å². The van der Waals surface area contributed by atoms with Gasteiger partial charge in [-0.1, -0.05) is 12.1 Å². The highest BCUT2D eigenvalue weighted by Gasteiger charge is 2.53. The van der Waals surface area contributed by atoms with Crippen LogP contribution in [0.2, 0.25) is 0 Å². The molecule has 0 saturated carbocycles. The number of alkyl halides is 4. The van der Waals surface area contributed by atoms with Gasteiger partial charge in [-0.2, -0.15) is 15.2 Å². The Hall–Kier alpha value is -2.27. The Labute approximate surface area is 159 Å². The lowest BCUT2D eigenvalue weighted by Crippen LogP contribution is -2.51. The van der Waals surface area contributed by atoms with Gasteiger partial charge in [-0.25, -0.2) is 17.6 Å². The third-order valence-corrected chi connectivity index (χ3v) is 4.39. The summed E-state index contributed by atoms with van der Waals surface area (Å²) in [7, 11) is 0. The van der Waals surface area contributed by atoms with Gasteiger partial charge in [0.2, 0.25) is 5.72 Å². The summed E-state index contributed by atoms with van der Waals surface area (Å²) in [5.41, 5.74) is -3.36. The fraction of sp³-hybridized carbons (Fsp3) is 0.312. The Bertz CT molecular complexity index is 872. The zero-order valence-corrected chi connectivity index (χ0v) is 15.2. The maximum absolute atomic E-state index is 13.2. The molecule has 1 aromatic heterocycles. The van der Waals surface area contributed by atoms with Crippen LogP contribution >= 0.6 is 15.9 Å². The minimum Gasteiger partial charge on any atom is -0.364 e. The second-order valence-electron chi connectivity index (χ2n) is 5.92. The van der Waals surface area contributed by atoms with Crippen molar-refractivity contribution < 1.29 is 27.5 Å². The largest absolute Gasteiger partial charge is 0.364 e. The molecule has 3 rings (SSSR count). The zero-order chi connectivity index (χ0) is 19.8. The summed E-state index contributed by atoms with van der Waals surface area (Å²) in [6.45, 7) is 0.401. The lowest BCUT2D eigenvalue weighted by molar-refractivity contribution is -0.164. The summed E-state index contributed by atoms with van der Waals surface area (Å²) < 4.78 is 54.5. The Balaban J connectivity index is 1.81. The molecule has 0 saturated heterocycles. The molecule has 0 fully saturated rings. The Morgan fingerprint density at radius 1 is 1.26 bits per heavy atom. The molecule has 1 amide bonds. The third-order valence-electron chi connectivity index (χ3n) is 3.98. The number of nitrogens with zero attached hydrogens (tertiary/aromatic N) is 4. The number of hydrogen-bond donors (Lipinski definition) is 1. The SMILES string of the molecule is O=C(c1ccc(Cn2cc(Br)cn2)cc1)N1N=C(C(F)F)C[C@@]1(O)C(F)F. The summed E-state index contributed by atoms with van der Waals surface area (Å²) in [5.74, 6) is -1.10. The predicted octanol–water partition coefficient (Wildman–Crippen LogP) is 3.11. The predicted molar refractivity (Wildman–Crippen MR) is 90.7 cm³/mol. The number of aromatic nitrogens is 2. The van der Waals surface area contributed by atoms with Crippen molar-refractivity contribution in [2.75, 3.05) is 0 Å². The first kappa shape index (κ1) is 19.5. The smallest absolute Gasteiger partial charge is 0.287 e. The number of aliphatic hydroxyl groups is 1. The first-order valence-electron chi connectivity index (χ1n) is 7.68. The molecule has 1 atom stereocenters. The monoisotopic (exact) mass is 448 g/mol. The van der Waals surface area contributed by atoms with Crippen LogP contribution in [0.1, 0.15) is 22.3 Å². The van der Waals surface area contributed by atoms with E-state index < -0.39 is 36.6 Å². The molecule has 0 radical (unpaired) electrons. The highest BCUT2D eigenvalue weighted by atomic mass is 79.9. The maximum atomic E-state index is 13.2. The van der Waals surface area contributed by atoms with Gasteiger partial charge in [-0.15, -0.1) is 0 Å². The van der Waals surface area contributed by atoms with Gasteiger partial charge in [0.05, 0.1) is 17.2 Å². The third kappa shape index (κ3) is 3.88. The molecular formula is C16H13BrF4N4O2. The number of amides is 1. The van der Waals surface area contributed by atoms with Crippen molar-refractivity contribution in [2.24, 2.45) is 5.10 Å². The van der Waals surface area contributed by atoms with Gasteiger partial charge in [-0.05, 0) is 33.6 Å². The molecule has 0 spiro atoms. The molecule has 1 aliphatic heterocycles. The van der Waals surface area contributed by atoms with E-state index in [1.807, 2.05) is 0 Å². The number of benzene rings is 1. The van der Waals surface area contributed by atoms with Crippen molar-refractivity contribution in [1.29, 1.82) is 0 Å². The number of carbonyl (C=O) groups excluding carboxylic acids is 1. The van der Waals surface area contributed by atoms with E-state index in [0.717, 1.165) is 10.0 Å². The Morgan fingerprint density at radius 2 is 1.93 bits per heavy atom. The van der Waals surface area contributed by atoms with E-state index in [1.54, 1.807) is 29.2 Å². The van der Waals surface area contributed by atoms with Gasteiger partial charge in [0.15, 0.2) is 0 Å². The van der Waals surface area contributed by atoms with Crippen LogP contribution in [0.25, 0.3) is 0 Å². The van der Waals surface area contributed by atoms with Gasteiger partial charge in [-0.3, -0.25) is 9.48 Å². The topological polar surface area (TPSA) is 70.7 Å². The lowest BCUT2D eigenvalue weighted by atomic mass is 10.1. The van der Waals surface area contributed by atoms with Crippen LogP contribution in [0.4, 0.5) is 17.6 Å². The van der Waals surface area contributed by atoms with Gasteiger partial charge >= 0.3 is 0 Å². The molecule has 0 aliphatic carbocycles. The highest BCUT2D eigenvalue weighted by molar-refractivity contribution is 9.10. The van der Waals surface area contributed by atoms with E-state index in [4.69, 9.17) is 0 Å². The molecule has 1 aromatic carbocycles. The summed E-state index contributed by atoms with van der Waals surface area (Å²) in [5, 5.41) is 17.4. The molecule has 6 nitrogen and oxygen atoms in total. The summed E-state index contributed by atoms with van der Waals surface area (Å²) >= 11 is 3.27. The van der Waals surface area contributed by atoms with Gasteiger partial charge in [0, 0.05) is 18.2 Å². The first-order valence-corrected chi connectivity index (χ1v) is 8.47. The van der Waals surface area contributed by atoms with Crippen LogP contribution in [0.3, 0.4) is 0 Å². The minimum atomic E-state index is -3.46. The Morgan fingerprint density at radius 3 is 2.44 bits per heavy atom. The molecule has 27 heavy (non-hydrogen) atoms. The number of halogens is 5. The van der Waals surface area contributed by atoms with Crippen LogP contribution in [-0.2, 0) is 6.54 Å². The molecule has 2 heterocycles. The van der Waals surface area contributed by atoms with Crippen molar-refractivity contribution in [3.63, 3.8) is 0 Å². The fourth-order valence-corrected chi connectivity index (χ4v) is 2.92. The van der Waals surface area contributed by atoms with E-state index in [-0.39, 0.29) is 10.6 Å². The van der Waals surface area contributed by atoms with E-state index >= 15 is 0 Å². The molecule has 11 heteroatoms. The van der Waals surface area contributed by atoms with E-state index in [0.29, 0.717) is 6.54 Å². The molecule has 0 unspecified atom stereocenters. The average Bonchev–Trinajstić information content (AvgIpc) is 3.19. The van der Waals surface area contributed by atoms with Crippen LogP contribution in [0, 0.1) is 0 Å². The second-order valence-corrected chi connectivity index (χ2v) is 6.83. The Kier molecular flexibility index (Phi) is 5.33. The van der Waals surface area contributed by atoms with Gasteiger partial charge in [0.1, 0.15) is 5.71 Å². The van der Waals surface area contributed by atoms with Crippen LogP contribution in [0.5, 0.6) is 0 Å². The number of hydrazone groups is 1. The minimum absolute atomic E-state index is 0.0405. The zero-order valence-electron chi connectivity index (χ0n) is 13.6. The van der Waals surface area contributed by atoms with Crippen molar-refractivity contribution >= 4 is 27.5 Å². The molecular weight excluding hydrogens is 436 g/mol. The number of hydrogen-bond acceptors (Lipinski definition) is 4. The van der Waals surface area contributed by atoms with Crippen molar-refractivity contribution in [3.05, 3.63) is 52.3 Å². The maximum Gasteiger partial charge on any atom is 0.287 e. The summed E-state index contributed by atoms with van der Waals surface area (Å²) in [6.07, 6.45) is -4.37. The quantitative estimate of drug-likeness (QED) is 0.714. The standard InChI is InChI=1S/C16H13BrF4N4O2/c17-11-6-22-24(8-11)7-9-1-3-10(4-2-9)14(26)25-16(27,15(20)21)5-12(23-25)13(18)19/h1-4,6,8,13,15,27H,5,7H2/t16-/m1/s1. The summed E-state index contributed by atoms with van der Waals surface area (Å²) in [4.78, 5) is 12.5. The fourth-order valence-electron chi connectivity index (χ4n) is 2.59. The van der Waals surface area contributed by atoms with Crippen molar-refractivity contribution in [2.45, 2.75) is 31.5 Å².